The van der Waals surface area contributed by atoms with E-state index in [4.69, 9.17) is 0 Å². The first-order valence-electron chi connectivity index (χ1n) is 9.77. The number of rotatable bonds is 9. The molecular formula is C24H30N3P. The number of hydrogen-bond donors (Lipinski definition) is 3. The first-order valence-corrected chi connectivity index (χ1v) is 11.1. The lowest BCUT2D eigenvalue weighted by molar-refractivity contribution is 0.824. The third-order valence-corrected chi connectivity index (χ3v) is 6.49. The molecule has 4 heteroatoms. The van der Waals surface area contributed by atoms with Gasteiger partial charge in [-0.25, -0.2) is 0 Å². The molecule has 0 bridgehead atoms. The average molecular weight is 391 g/mol. The van der Waals surface area contributed by atoms with Crippen molar-refractivity contribution in [2.45, 2.75) is 40.4 Å². The SMILES string of the molecule is Cc1ccccc1CNP(NCc1ccccc1C)NCc1ccccc1C. The zero-order valence-electron chi connectivity index (χ0n) is 17.0. The smallest absolute Gasteiger partial charge is 0.112 e. The van der Waals surface area contributed by atoms with Crippen LogP contribution >= 0.6 is 8.37 Å². The van der Waals surface area contributed by atoms with Gasteiger partial charge in [0.05, 0.1) is 0 Å². The standard InChI is InChI=1S/C24H30N3P/c1-19-10-4-7-13-22(19)16-25-28(26-17-23-14-8-5-11-20(23)2)27-18-24-15-9-6-12-21(24)3/h4-15,25-27H,16-18H2,1-3H3. The summed E-state index contributed by atoms with van der Waals surface area (Å²) in [5, 5.41) is 11.1. The van der Waals surface area contributed by atoms with Crippen molar-refractivity contribution < 1.29 is 0 Å². The molecule has 0 radical (unpaired) electrons. The molecule has 0 heterocycles. The van der Waals surface area contributed by atoms with Crippen molar-refractivity contribution in [3.63, 3.8) is 0 Å². The van der Waals surface area contributed by atoms with Crippen LogP contribution in [0.5, 0.6) is 0 Å². The second-order valence-corrected chi connectivity index (χ2v) is 8.74. The van der Waals surface area contributed by atoms with Gasteiger partial charge in [-0.1, -0.05) is 72.8 Å². The highest BCUT2D eigenvalue weighted by Crippen LogP contribution is 2.24. The third-order valence-electron chi connectivity index (χ3n) is 5.07. The van der Waals surface area contributed by atoms with Gasteiger partial charge in [0.25, 0.3) is 0 Å². The molecule has 3 nitrogen and oxygen atoms in total. The summed E-state index contributed by atoms with van der Waals surface area (Å²) in [5.41, 5.74) is 7.98. The Kier molecular flexibility index (Phi) is 7.76. The second kappa shape index (κ2) is 10.5. The van der Waals surface area contributed by atoms with Gasteiger partial charge in [-0.2, -0.15) is 0 Å². The van der Waals surface area contributed by atoms with Crippen LogP contribution in [0.4, 0.5) is 0 Å². The van der Waals surface area contributed by atoms with Crippen molar-refractivity contribution in [3.8, 4) is 0 Å². The van der Waals surface area contributed by atoms with Crippen LogP contribution in [0, 0.1) is 20.8 Å². The molecule has 0 saturated carbocycles. The van der Waals surface area contributed by atoms with Crippen molar-refractivity contribution in [2.75, 3.05) is 0 Å². The van der Waals surface area contributed by atoms with Crippen molar-refractivity contribution in [1.29, 1.82) is 0 Å². The maximum absolute atomic E-state index is 3.70. The van der Waals surface area contributed by atoms with Gasteiger partial charge in [0.2, 0.25) is 0 Å². The van der Waals surface area contributed by atoms with Crippen molar-refractivity contribution in [3.05, 3.63) is 106 Å². The molecule has 0 aliphatic rings. The van der Waals surface area contributed by atoms with E-state index < -0.39 is 8.37 Å². The molecule has 0 unspecified atom stereocenters. The van der Waals surface area contributed by atoms with E-state index in [1.165, 1.54) is 33.4 Å². The van der Waals surface area contributed by atoms with E-state index in [0.717, 1.165) is 19.6 Å². The topological polar surface area (TPSA) is 36.1 Å². The highest BCUT2D eigenvalue weighted by atomic mass is 31.1. The van der Waals surface area contributed by atoms with Crippen molar-refractivity contribution in [1.82, 2.24) is 15.3 Å². The Bertz CT molecular complexity index is 777. The molecule has 0 fully saturated rings. The summed E-state index contributed by atoms with van der Waals surface area (Å²) in [5.74, 6) is 0. The molecule has 3 N–H and O–H groups in total. The number of nitrogens with one attached hydrogen (secondary N) is 3. The van der Waals surface area contributed by atoms with E-state index in [0.29, 0.717) is 0 Å². The maximum Gasteiger partial charge on any atom is 0.112 e. The lowest BCUT2D eigenvalue weighted by Crippen LogP contribution is -2.28. The van der Waals surface area contributed by atoms with E-state index in [9.17, 15) is 0 Å². The first kappa shape index (κ1) is 20.7. The fourth-order valence-electron chi connectivity index (χ4n) is 3.09. The molecule has 3 aromatic rings. The molecular weight excluding hydrogens is 361 g/mol. The zero-order valence-corrected chi connectivity index (χ0v) is 17.9. The van der Waals surface area contributed by atoms with E-state index in [2.05, 4.69) is 109 Å². The van der Waals surface area contributed by atoms with E-state index in [1.54, 1.807) is 0 Å². The summed E-state index contributed by atoms with van der Waals surface area (Å²) in [6.07, 6.45) is 0. The van der Waals surface area contributed by atoms with Gasteiger partial charge in [0, 0.05) is 19.6 Å². The van der Waals surface area contributed by atoms with Gasteiger partial charge in [-0.3, -0.25) is 15.3 Å². The fourth-order valence-corrected chi connectivity index (χ4v) is 4.41. The van der Waals surface area contributed by atoms with Crippen LogP contribution in [0.3, 0.4) is 0 Å². The van der Waals surface area contributed by atoms with E-state index >= 15 is 0 Å². The molecule has 3 aromatic carbocycles. The monoisotopic (exact) mass is 391 g/mol. The van der Waals surface area contributed by atoms with Crippen LogP contribution < -0.4 is 15.3 Å². The molecule has 146 valence electrons. The predicted octanol–water partition coefficient (Wildman–Crippen LogP) is 5.51. The molecule has 0 spiro atoms. The van der Waals surface area contributed by atoms with Gasteiger partial charge >= 0.3 is 0 Å². The van der Waals surface area contributed by atoms with Crippen LogP contribution in [0.2, 0.25) is 0 Å². The number of benzene rings is 3. The molecule has 0 amide bonds. The Balaban J connectivity index is 1.65. The fraction of sp³-hybridized carbons (Fsp3) is 0.250. The van der Waals surface area contributed by atoms with Gasteiger partial charge in [-0.05, 0) is 54.2 Å². The predicted molar refractivity (Wildman–Crippen MR) is 121 cm³/mol. The second-order valence-electron chi connectivity index (χ2n) is 7.12. The van der Waals surface area contributed by atoms with Crippen molar-refractivity contribution in [2.24, 2.45) is 0 Å². The molecule has 3 rings (SSSR count). The summed E-state index contributed by atoms with van der Waals surface area (Å²) in [6, 6.07) is 25.7. The van der Waals surface area contributed by atoms with Gasteiger partial charge in [0.15, 0.2) is 0 Å². The highest BCUT2D eigenvalue weighted by Gasteiger charge is 2.10. The third kappa shape index (κ3) is 5.98. The van der Waals surface area contributed by atoms with Crippen molar-refractivity contribution >= 4 is 8.37 Å². The molecule has 0 aromatic heterocycles. The molecule has 0 saturated heterocycles. The average Bonchev–Trinajstić information content (AvgIpc) is 2.71. The number of hydrogen-bond acceptors (Lipinski definition) is 3. The summed E-state index contributed by atoms with van der Waals surface area (Å²) in [7, 11) is -0.719. The molecule has 0 aliphatic carbocycles. The van der Waals surface area contributed by atoms with Crippen LogP contribution in [0.1, 0.15) is 33.4 Å². The summed E-state index contributed by atoms with van der Waals surface area (Å²) < 4.78 is 0. The quantitative estimate of drug-likeness (QED) is 0.421. The molecule has 0 aliphatic heterocycles. The van der Waals surface area contributed by atoms with Crippen LogP contribution in [-0.4, -0.2) is 0 Å². The lowest BCUT2D eigenvalue weighted by Gasteiger charge is -2.22. The largest absolute Gasteiger partial charge is 0.267 e. The normalized spacial score (nSPS) is 11.1. The maximum atomic E-state index is 3.70. The number of aryl methyl sites for hydroxylation is 3. The van der Waals surface area contributed by atoms with E-state index in [1.807, 2.05) is 0 Å². The van der Waals surface area contributed by atoms with Crippen LogP contribution in [-0.2, 0) is 19.6 Å². The summed E-state index contributed by atoms with van der Waals surface area (Å²) in [4.78, 5) is 0. The van der Waals surface area contributed by atoms with E-state index in [-0.39, 0.29) is 0 Å². The highest BCUT2D eigenvalue weighted by molar-refractivity contribution is 7.51. The summed E-state index contributed by atoms with van der Waals surface area (Å²) in [6.45, 7) is 9.04. The first-order chi connectivity index (χ1) is 13.6. The van der Waals surface area contributed by atoms with Gasteiger partial charge < -0.3 is 0 Å². The van der Waals surface area contributed by atoms with Gasteiger partial charge in [-0.15, -0.1) is 0 Å². The van der Waals surface area contributed by atoms with Crippen LogP contribution in [0.15, 0.2) is 72.8 Å². The lowest BCUT2D eigenvalue weighted by atomic mass is 10.1. The van der Waals surface area contributed by atoms with Gasteiger partial charge in [0.1, 0.15) is 8.37 Å². The summed E-state index contributed by atoms with van der Waals surface area (Å²) >= 11 is 0. The minimum absolute atomic E-state index is 0.719. The molecule has 0 atom stereocenters. The minimum atomic E-state index is -0.719. The Morgan fingerprint density at radius 3 is 1.07 bits per heavy atom. The Labute approximate surface area is 170 Å². The Morgan fingerprint density at radius 2 is 0.786 bits per heavy atom. The Hall–Kier alpha value is -2.03. The molecule has 28 heavy (non-hydrogen) atoms. The Morgan fingerprint density at radius 1 is 0.500 bits per heavy atom. The van der Waals surface area contributed by atoms with Crippen LogP contribution in [0.25, 0.3) is 0 Å². The zero-order chi connectivity index (χ0) is 19.8. The minimum Gasteiger partial charge on any atom is -0.267 e.